The zero-order valence-corrected chi connectivity index (χ0v) is 11.6. The first kappa shape index (κ1) is 14.6. The van der Waals surface area contributed by atoms with Crippen molar-refractivity contribution in [1.82, 2.24) is 0 Å². The summed E-state index contributed by atoms with van der Waals surface area (Å²) in [6.45, 7) is 3.92. The molecular formula is C14H20N2O4. The normalized spacial score (nSPS) is 18.3. The number of aliphatic hydroxyl groups excluding tert-OH is 1. The summed E-state index contributed by atoms with van der Waals surface area (Å²) in [7, 11) is 0. The van der Waals surface area contributed by atoms with Crippen LogP contribution in [0.3, 0.4) is 0 Å². The van der Waals surface area contributed by atoms with E-state index < -0.39 is 0 Å². The van der Waals surface area contributed by atoms with Crippen molar-refractivity contribution in [3.63, 3.8) is 0 Å². The molecule has 0 bridgehead atoms. The molecular weight excluding hydrogens is 260 g/mol. The fraction of sp³-hybridized carbons (Fsp3) is 0.571. The quantitative estimate of drug-likeness (QED) is 0.638. The minimum Gasteiger partial charge on any atom is -0.487 e. The third kappa shape index (κ3) is 3.01. The van der Waals surface area contributed by atoms with Crippen LogP contribution in [0.1, 0.15) is 19.8 Å². The minimum absolute atomic E-state index is 0.0274. The highest BCUT2D eigenvalue weighted by Crippen LogP contribution is 2.39. The van der Waals surface area contributed by atoms with Crippen molar-refractivity contribution in [2.75, 3.05) is 31.2 Å². The van der Waals surface area contributed by atoms with Gasteiger partial charge in [0.1, 0.15) is 5.69 Å². The van der Waals surface area contributed by atoms with Crippen molar-refractivity contribution in [2.45, 2.75) is 19.8 Å². The van der Waals surface area contributed by atoms with Crippen LogP contribution in [0.4, 0.5) is 11.4 Å². The lowest BCUT2D eigenvalue weighted by atomic mass is 10.1. The second kappa shape index (κ2) is 6.56. The van der Waals surface area contributed by atoms with Crippen molar-refractivity contribution in [2.24, 2.45) is 5.92 Å². The number of hydrogen-bond acceptors (Lipinski definition) is 5. The van der Waals surface area contributed by atoms with E-state index in [1.165, 1.54) is 0 Å². The first-order valence-electron chi connectivity index (χ1n) is 6.93. The zero-order valence-electron chi connectivity index (χ0n) is 11.6. The molecule has 1 aliphatic rings. The molecule has 2 rings (SSSR count). The number of ether oxygens (including phenoxy) is 1. The van der Waals surface area contributed by atoms with Crippen molar-refractivity contribution >= 4 is 11.4 Å². The molecule has 1 aromatic rings. The van der Waals surface area contributed by atoms with E-state index in [0.717, 1.165) is 19.4 Å². The van der Waals surface area contributed by atoms with Crippen LogP contribution in [0.25, 0.3) is 0 Å². The Morgan fingerprint density at radius 1 is 1.55 bits per heavy atom. The van der Waals surface area contributed by atoms with Crippen LogP contribution in [0.15, 0.2) is 18.2 Å². The molecule has 1 heterocycles. The fourth-order valence-electron chi connectivity index (χ4n) is 2.48. The van der Waals surface area contributed by atoms with E-state index in [0.29, 0.717) is 24.6 Å². The van der Waals surface area contributed by atoms with E-state index in [4.69, 9.17) is 4.74 Å². The summed E-state index contributed by atoms with van der Waals surface area (Å²) >= 11 is 0. The zero-order chi connectivity index (χ0) is 14.5. The largest absolute Gasteiger partial charge is 0.487 e. The van der Waals surface area contributed by atoms with Crippen molar-refractivity contribution in [3.8, 4) is 5.75 Å². The Hall–Kier alpha value is -1.82. The average Bonchev–Trinajstić information content (AvgIpc) is 2.93. The van der Waals surface area contributed by atoms with Crippen molar-refractivity contribution in [1.29, 1.82) is 0 Å². The molecule has 1 aromatic carbocycles. The Morgan fingerprint density at radius 2 is 2.35 bits per heavy atom. The molecule has 0 saturated carbocycles. The summed E-state index contributed by atoms with van der Waals surface area (Å²) in [5.41, 5.74) is 0.610. The smallest absolute Gasteiger partial charge is 0.333 e. The van der Waals surface area contributed by atoms with Crippen molar-refractivity contribution < 1.29 is 14.8 Å². The summed E-state index contributed by atoms with van der Waals surface area (Å²) in [6, 6.07) is 5.16. The fourth-order valence-corrected chi connectivity index (χ4v) is 2.48. The maximum absolute atomic E-state index is 11.4. The van der Waals surface area contributed by atoms with Crippen LogP contribution in [0.2, 0.25) is 0 Å². The monoisotopic (exact) mass is 280 g/mol. The number of rotatable bonds is 6. The molecule has 6 heteroatoms. The Kier molecular flexibility index (Phi) is 4.79. The van der Waals surface area contributed by atoms with E-state index in [-0.39, 0.29) is 23.1 Å². The van der Waals surface area contributed by atoms with E-state index in [9.17, 15) is 15.2 Å². The lowest BCUT2D eigenvalue weighted by Gasteiger charge is -2.19. The Balaban J connectivity index is 2.30. The van der Waals surface area contributed by atoms with Gasteiger partial charge in [-0.25, -0.2) is 0 Å². The van der Waals surface area contributed by atoms with Gasteiger partial charge in [-0.1, -0.05) is 13.0 Å². The van der Waals surface area contributed by atoms with Gasteiger partial charge in [0.2, 0.25) is 0 Å². The predicted molar refractivity (Wildman–Crippen MR) is 76.3 cm³/mol. The third-order valence-electron chi connectivity index (χ3n) is 3.51. The minimum atomic E-state index is -0.382. The standard InChI is InChI=1S/C14H20N2O4/c1-2-8-20-13-5-3-4-12(14(13)16(18)19)15-7-6-11(9-15)10-17/h3-5,11,17H,2,6-10H2,1H3. The van der Waals surface area contributed by atoms with Crippen LogP contribution in [-0.4, -0.2) is 36.3 Å². The second-order valence-corrected chi connectivity index (χ2v) is 5.01. The number of nitrogens with zero attached hydrogens (tertiary/aromatic N) is 2. The summed E-state index contributed by atoms with van der Waals surface area (Å²) in [4.78, 5) is 12.9. The molecule has 1 atom stereocenters. The van der Waals surface area contributed by atoms with E-state index >= 15 is 0 Å². The SMILES string of the molecule is CCCOc1cccc(N2CCC(CO)C2)c1[N+](=O)[O-]. The van der Waals surface area contributed by atoms with Crippen LogP contribution in [0.5, 0.6) is 5.75 Å². The molecule has 6 nitrogen and oxygen atoms in total. The van der Waals surface area contributed by atoms with Gasteiger partial charge in [-0.2, -0.15) is 0 Å². The Morgan fingerprint density at radius 3 is 2.95 bits per heavy atom. The molecule has 1 fully saturated rings. The highest BCUT2D eigenvalue weighted by molar-refractivity contribution is 5.70. The predicted octanol–water partition coefficient (Wildman–Crippen LogP) is 2.20. The molecule has 110 valence electrons. The maximum atomic E-state index is 11.4. The van der Waals surface area contributed by atoms with Gasteiger partial charge in [0, 0.05) is 25.6 Å². The lowest BCUT2D eigenvalue weighted by Crippen LogP contribution is -2.21. The molecule has 1 aliphatic heterocycles. The molecule has 1 N–H and O–H groups in total. The molecule has 1 saturated heterocycles. The summed E-state index contributed by atoms with van der Waals surface area (Å²) in [5.74, 6) is 0.511. The molecule has 0 aliphatic carbocycles. The topological polar surface area (TPSA) is 75.8 Å². The van der Waals surface area contributed by atoms with Crippen molar-refractivity contribution in [3.05, 3.63) is 28.3 Å². The third-order valence-corrected chi connectivity index (χ3v) is 3.51. The average molecular weight is 280 g/mol. The highest BCUT2D eigenvalue weighted by atomic mass is 16.6. The number of aliphatic hydroxyl groups is 1. The molecule has 0 amide bonds. The number of hydrogen-bond donors (Lipinski definition) is 1. The van der Waals surface area contributed by atoms with E-state index in [2.05, 4.69) is 0 Å². The van der Waals surface area contributed by atoms with Crippen LogP contribution in [0, 0.1) is 16.0 Å². The Labute approximate surface area is 118 Å². The summed E-state index contributed by atoms with van der Waals surface area (Å²) in [5, 5.41) is 20.6. The molecule has 20 heavy (non-hydrogen) atoms. The van der Waals surface area contributed by atoms with E-state index in [1.54, 1.807) is 18.2 Å². The van der Waals surface area contributed by atoms with Gasteiger partial charge in [0.25, 0.3) is 0 Å². The first-order valence-corrected chi connectivity index (χ1v) is 6.93. The number of para-hydroxylation sites is 1. The molecule has 0 radical (unpaired) electrons. The summed E-state index contributed by atoms with van der Waals surface area (Å²) < 4.78 is 5.48. The lowest BCUT2D eigenvalue weighted by molar-refractivity contribution is -0.385. The van der Waals surface area contributed by atoms with Gasteiger partial charge in [0.05, 0.1) is 11.5 Å². The number of nitro groups is 1. The Bertz CT molecular complexity index is 478. The molecule has 0 spiro atoms. The highest BCUT2D eigenvalue weighted by Gasteiger charge is 2.29. The van der Waals surface area contributed by atoms with Gasteiger partial charge in [-0.3, -0.25) is 10.1 Å². The van der Waals surface area contributed by atoms with Gasteiger partial charge in [-0.15, -0.1) is 0 Å². The number of nitro benzene ring substituents is 1. The molecule has 1 unspecified atom stereocenters. The van der Waals surface area contributed by atoms with Crippen LogP contribution >= 0.6 is 0 Å². The summed E-state index contributed by atoms with van der Waals surface area (Å²) in [6.07, 6.45) is 1.66. The van der Waals surface area contributed by atoms with Gasteiger partial charge in [0.15, 0.2) is 5.75 Å². The van der Waals surface area contributed by atoms with Gasteiger partial charge >= 0.3 is 5.69 Å². The number of benzene rings is 1. The second-order valence-electron chi connectivity index (χ2n) is 5.01. The van der Waals surface area contributed by atoms with E-state index in [1.807, 2.05) is 11.8 Å². The van der Waals surface area contributed by atoms with Gasteiger partial charge in [-0.05, 0) is 25.0 Å². The number of anilines is 1. The first-order chi connectivity index (χ1) is 9.67. The van der Waals surface area contributed by atoms with Crippen LogP contribution < -0.4 is 9.64 Å². The van der Waals surface area contributed by atoms with Gasteiger partial charge < -0.3 is 14.7 Å². The maximum Gasteiger partial charge on any atom is 0.333 e. The molecule has 0 aromatic heterocycles. The van der Waals surface area contributed by atoms with Crippen LogP contribution in [-0.2, 0) is 0 Å².